The van der Waals surface area contributed by atoms with Crippen LogP contribution < -0.4 is 26.5 Å². The third-order valence-corrected chi connectivity index (χ3v) is 7.67. The monoisotopic (exact) mass is 560 g/mol. The van der Waals surface area contributed by atoms with Crippen LogP contribution in [0, 0.1) is 13.8 Å². The predicted octanol–water partition coefficient (Wildman–Crippen LogP) is 3.54. The molecule has 0 saturated heterocycles. The van der Waals surface area contributed by atoms with Crippen molar-refractivity contribution in [1.82, 2.24) is 0 Å². The molecule has 0 spiro atoms. The van der Waals surface area contributed by atoms with E-state index in [1.165, 1.54) is 21.0 Å². The van der Waals surface area contributed by atoms with Gasteiger partial charge in [0.25, 0.3) is 0 Å². The first-order valence-corrected chi connectivity index (χ1v) is 12.8. The quantitative estimate of drug-likeness (QED) is 0.180. The molecule has 0 aromatic heterocycles. The molecule has 0 heterocycles. The lowest BCUT2D eigenvalue weighted by Gasteiger charge is -2.23. The van der Waals surface area contributed by atoms with E-state index in [2.05, 4.69) is 0 Å². The fraction of sp³-hybridized carbons (Fsp3) is 0.290. The molecule has 0 fully saturated rings. The van der Waals surface area contributed by atoms with E-state index in [1.54, 1.807) is 27.7 Å². The third-order valence-electron chi connectivity index (χ3n) is 7.67. The van der Waals surface area contributed by atoms with Crippen molar-refractivity contribution in [3.8, 4) is 45.3 Å². The maximum absolute atomic E-state index is 14.1. The zero-order valence-corrected chi connectivity index (χ0v) is 23.5. The number of methoxy groups -OCH3 is 1. The summed E-state index contributed by atoms with van der Waals surface area (Å²) in [5.41, 5.74) is -7.17. The molecular formula is C31H28O10. The standard InChI is InChI=1S/C31H28O10/c1-10(2)16-22-20(14(8-32)26(36)30(16)40)28(38)18(12(5)24(22)34)19-13(6)25(35)23-17(11(3)4)31(41-7)27(37)15(9-33)21(23)29(19)39/h8-11,35,37,39H,1-7H3. The van der Waals surface area contributed by atoms with E-state index >= 15 is 0 Å². The minimum atomic E-state index is -1.23. The summed E-state index contributed by atoms with van der Waals surface area (Å²) in [6, 6.07) is 0. The molecule has 2 aromatic rings. The second-order valence-corrected chi connectivity index (χ2v) is 10.6. The summed E-state index contributed by atoms with van der Waals surface area (Å²) in [4.78, 5) is 77.7. The van der Waals surface area contributed by atoms with Crippen LogP contribution in [0.5, 0.6) is 23.0 Å². The molecule has 4 rings (SSSR count). The number of carbonyl (C=O) groups is 2. The van der Waals surface area contributed by atoms with Gasteiger partial charge in [0.05, 0.1) is 18.2 Å². The molecule has 0 atom stereocenters. The first kappa shape index (κ1) is 29.1. The van der Waals surface area contributed by atoms with Gasteiger partial charge in [-0.05, 0) is 25.7 Å². The number of hydrogen-bond donors (Lipinski definition) is 3. The van der Waals surface area contributed by atoms with Gasteiger partial charge in [0.1, 0.15) is 11.5 Å². The Kier molecular flexibility index (Phi) is 7.07. The number of ether oxygens (including phenoxy) is 1. The largest absolute Gasteiger partial charge is 0.507 e. The van der Waals surface area contributed by atoms with E-state index in [-0.39, 0.29) is 68.4 Å². The van der Waals surface area contributed by atoms with E-state index in [0.29, 0.717) is 0 Å². The average Bonchev–Trinajstić information content (AvgIpc) is 2.92. The fourth-order valence-corrected chi connectivity index (χ4v) is 5.80. The molecule has 0 saturated carbocycles. The van der Waals surface area contributed by atoms with E-state index < -0.39 is 67.1 Å². The molecule has 41 heavy (non-hydrogen) atoms. The fourth-order valence-electron chi connectivity index (χ4n) is 5.80. The maximum atomic E-state index is 14.1. The van der Waals surface area contributed by atoms with Crippen LogP contribution in [0.15, 0.2) is 19.2 Å². The number of hydrogen-bond acceptors (Lipinski definition) is 10. The Balaban J connectivity index is 2.41. The maximum Gasteiger partial charge on any atom is 0.237 e. The first-order valence-electron chi connectivity index (χ1n) is 12.8. The SMILES string of the molecule is COc1c(O)c(C=O)c2c(O)c(-c3c(C)c(=O)c4c(C(C)C)c(=O)c(=O)c(C=O)c-4c3=O)c(C)c(O)c2c1C(C)C. The van der Waals surface area contributed by atoms with Crippen LogP contribution in [0.2, 0.25) is 0 Å². The molecule has 0 bridgehead atoms. The zero-order chi connectivity index (χ0) is 30.8. The number of phenolic OH excluding ortho intramolecular Hbond substituents is 3. The van der Waals surface area contributed by atoms with Crippen LogP contribution >= 0.6 is 0 Å². The Morgan fingerprint density at radius 2 is 1.15 bits per heavy atom. The van der Waals surface area contributed by atoms with Crippen molar-refractivity contribution >= 4 is 23.3 Å². The van der Waals surface area contributed by atoms with Crippen molar-refractivity contribution in [2.75, 3.05) is 7.11 Å². The summed E-state index contributed by atoms with van der Waals surface area (Å²) in [6.07, 6.45) is 0.302. The summed E-state index contributed by atoms with van der Waals surface area (Å²) in [6.45, 7) is 9.26. The van der Waals surface area contributed by atoms with Gasteiger partial charge in [-0.3, -0.25) is 28.8 Å². The highest BCUT2D eigenvalue weighted by molar-refractivity contribution is 6.13. The van der Waals surface area contributed by atoms with Gasteiger partial charge >= 0.3 is 0 Å². The van der Waals surface area contributed by atoms with Gasteiger partial charge in [0, 0.05) is 55.3 Å². The highest BCUT2D eigenvalue weighted by Gasteiger charge is 2.34. The first-order chi connectivity index (χ1) is 19.2. The van der Waals surface area contributed by atoms with Gasteiger partial charge in [0.2, 0.25) is 10.9 Å². The highest BCUT2D eigenvalue weighted by atomic mass is 16.5. The van der Waals surface area contributed by atoms with Crippen molar-refractivity contribution < 1.29 is 29.6 Å². The lowest BCUT2D eigenvalue weighted by Crippen LogP contribution is -2.38. The molecule has 2 aliphatic carbocycles. The van der Waals surface area contributed by atoms with Crippen molar-refractivity contribution in [2.45, 2.75) is 53.4 Å². The molecule has 2 aliphatic rings. The predicted molar refractivity (Wildman–Crippen MR) is 153 cm³/mol. The van der Waals surface area contributed by atoms with Gasteiger partial charge in [-0.1, -0.05) is 27.7 Å². The lowest BCUT2D eigenvalue weighted by molar-refractivity contribution is 0.111. The Labute approximate surface area is 233 Å². The number of carbonyl (C=O) groups excluding carboxylic acids is 2. The Morgan fingerprint density at radius 3 is 1.63 bits per heavy atom. The number of benzene rings is 4. The normalized spacial score (nSPS) is 11.6. The Morgan fingerprint density at radius 1 is 0.585 bits per heavy atom. The van der Waals surface area contributed by atoms with Crippen molar-refractivity contribution in [2.24, 2.45) is 0 Å². The molecule has 0 unspecified atom stereocenters. The summed E-state index contributed by atoms with van der Waals surface area (Å²) in [5, 5.41) is 33.7. The highest BCUT2D eigenvalue weighted by Crippen LogP contribution is 2.53. The number of aromatic hydroxyl groups is 3. The summed E-state index contributed by atoms with van der Waals surface area (Å²) in [5.74, 6) is -2.87. The summed E-state index contributed by atoms with van der Waals surface area (Å²) >= 11 is 0. The van der Waals surface area contributed by atoms with Crippen molar-refractivity contribution in [3.63, 3.8) is 0 Å². The molecule has 3 N–H and O–H groups in total. The van der Waals surface area contributed by atoms with Gasteiger partial charge in [-0.2, -0.15) is 0 Å². The number of aldehydes is 2. The van der Waals surface area contributed by atoms with Crippen molar-refractivity contribution in [1.29, 1.82) is 0 Å². The van der Waals surface area contributed by atoms with Crippen LogP contribution in [0.4, 0.5) is 0 Å². The van der Waals surface area contributed by atoms with Crippen LogP contribution in [0.3, 0.4) is 0 Å². The van der Waals surface area contributed by atoms with Crippen LogP contribution in [0.1, 0.15) is 82.5 Å². The van der Waals surface area contributed by atoms with Gasteiger partial charge in [-0.15, -0.1) is 0 Å². The summed E-state index contributed by atoms with van der Waals surface area (Å²) in [7, 11) is 1.27. The van der Waals surface area contributed by atoms with Gasteiger partial charge in [0.15, 0.2) is 34.9 Å². The third kappa shape index (κ3) is 3.77. The molecule has 0 aliphatic heterocycles. The molecule has 0 radical (unpaired) electrons. The number of fused-ring (bicyclic) bond motifs is 2. The zero-order valence-electron chi connectivity index (χ0n) is 23.5. The molecule has 10 heteroatoms. The summed E-state index contributed by atoms with van der Waals surface area (Å²) < 4.78 is 5.34. The van der Waals surface area contributed by atoms with E-state index in [0.717, 1.165) is 0 Å². The van der Waals surface area contributed by atoms with E-state index in [4.69, 9.17) is 4.74 Å². The van der Waals surface area contributed by atoms with Crippen LogP contribution in [-0.4, -0.2) is 35.0 Å². The molecule has 212 valence electrons. The number of phenols is 3. The van der Waals surface area contributed by atoms with Gasteiger partial charge < -0.3 is 20.1 Å². The molecular weight excluding hydrogens is 532 g/mol. The lowest BCUT2D eigenvalue weighted by atomic mass is 9.80. The topological polar surface area (TPSA) is 172 Å². The minimum absolute atomic E-state index is 0.00254. The Hall–Kier alpha value is -4.86. The smallest absolute Gasteiger partial charge is 0.237 e. The molecule has 0 amide bonds. The second-order valence-electron chi connectivity index (χ2n) is 10.6. The molecule has 10 nitrogen and oxygen atoms in total. The van der Waals surface area contributed by atoms with Gasteiger partial charge in [-0.25, -0.2) is 0 Å². The van der Waals surface area contributed by atoms with Crippen molar-refractivity contribution in [3.05, 3.63) is 74.3 Å². The van der Waals surface area contributed by atoms with E-state index in [9.17, 15) is 44.1 Å². The second kappa shape index (κ2) is 9.96. The van der Waals surface area contributed by atoms with Crippen LogP contribution in [-0.2, 0) is 0 Å². The minimum Gasteiger partial charge on any atom is -0.507 e. The van der Waals surface area contributed by atoms with Crippen LogP contribution in [0.25, 0.3) is 33.0 Å². The molecule has 2 aromatic carbocycles. The average molecular weight is 561 g/mol. The van der Waals surface area contributed by atoms with E-state index in [1.807, 2.05) is 0 Å². The Bertz CT molecular complexity index is 1990. The number of rotatable bonds is 6.